The number of aliphatic hydroxyl groups is 1. The van der Waals surface area contributed by atoms with Crippen molar-refractivity contribution in [2.45, 2.75) is 37.0 Å². The van der Waals surface area contributed by atoms with E-state index in [-0.39, 0.29) is 17.4 Å². The molecule has 2 aromatic carbocycles. The van der Waals surface area contributed by atoms with Crippen molar-refractivity contribution in [2.24, 2.45) is 0 Å². The molecule has 0 radical (unpaired) electrons. The zero-order chi connectivity index (χ0) is 15.6. The molecule has 2 atom stereocenters. The monoisotopic (exact) mass is 292 g/mol. The molecular weight excluding hydrogens is 268 g/mol. The fourth-order valence-corrected chi connectivity index (χ4v) is 4.15. The van der Waals surface area contributed by atoms with E-state index in [0.29, 0.717) is 0 Å². The summed E-state index contributed by atoms with van der Waals surface area (Å²) in [6.45, 7) is 6.73. The Hall–Kier alpha value is -1.86. The lowest BCUT2D eigenvalue weighted by molar-refractivity contribution is 0.237. The zero-order valence-corrected chi connectivity index (χ0v) is 13.3. The summed E-state index contributed by atoms with van der Waals surface area (Å²) in [5, 5.41) is 10.3. The molecule has 1 aliphatic carbocycles. The summed E-state index contributed by atoms with van der Waals surface area (Å²) in [7, 11) is 0. The molecule has 0 bridgehead atoms. The second kappa shape index (κ2) is 5.73. The lowest BCUT2D eigenvalue weighted by atomic mass is 9.79. The van der Waals surface area contributed by atoms with Gasteiger partial charge in [-0.05, 0) is 17.5 Å². The van der Waals surface area contributed by atoms with Crippen LogP contribution in [-0.2, 0) is 10.8 Å². The molecule has 0 spiro atoms. The van der Waals surface area contributed by atoms with Crippen LogP contribution in [0.5, 0.6) is 0 Å². The minimum Gasteiger partial charge on any atom is -0.395 e. The van der Waals surface area contributed by atoms with Gasteiger partial charge in [0.1, 0.15) is 0 Å². The van der Waals surface area contributed by atoms with Crippen LogP contribution in [0.4, 0.5) is 0 Å². The van der Waals surface area contributed by atoms with Gasteiger partial charge in [0.2, 0.25) is 0 Å². The number of rotatable bonds is 6. The Morgan fingerprint density at radius 3 is 1.82 bits per heavy atom. The van der Waals surface area contributed by atoms with E-state index in [1.807, 2.05) is 24.3 Å². The largest absolute Gasteiger partial charge is 0.395 e. The molecule has 2 aromatic rings. The second-order valence-electron chi connectivity index (χ2n) is 6.28. The Morgan fingerprint density at radius 1 is 0.864 bits per heavy atom. The summed E-state index contributed by atoms with van der Waals surface area (Å²) < 4.78 is 0. The van der Waals surface area contributed by atoms with E-state index in [1.165, 1.54) is 11.1 Å². The lowest BCUT2D eigenvalue weighted by Gasteiger charge is -2.24. The van der Waals surface area contributed by atoms with Crippen molar-refractivity contribution in [3.05, 3.63) is 83.9 Å². The van der Waals surface area contributed by atoms with Gasteiger partial charge in [-0.25, -0.2) is 0 Å². The number of hydrogen-bond acceptors (Lipinski definition) is 1. The van der Waals surface area contributed by atoms with Gasteiger partial charge in [0.15, 0.2) is 0 Å². The molecule has 22 heavy (non-hydrogen) atoms. The van der Waals surface area contributed by atoms with E-state index in [4.69, 9.17) is 0 Å². The predicted molar refractivity (Wildman–Crippen MR) is 92.0 cm³/mol. The lowest BCUT2D eigenvalue weighted by Crippen LogP contribution is -2.26. The first kappa shape index (κ1) is 15.1. The molecule has 1 aliphatic rings. The van der Waals surface area contributed by atoms with Crippen LogP contribution < -0.4 is 0 Å². The van der Waals surface area contributed by atoms with Gasteiger partial charge >= 0.3 is 0 Å². The van der Waals surface area contributed by atoms with Crippen molar-refractivity contribution >= 4 is 0 Å². The van der Waals surface area contributed by atoms with Crippen molar-refractivity contribution in [3.63, 3.8) is 0 Å². The molecule has 2 unspecified atom stereocenters. The topological polar surface area (TPSA) is 20.2 Å². The van der Waals surface area contributed by atoms with Gasteiger partial charge in [0.05, 0.1) is 12.0 Å². The molecule has 114 valence electrons. The summed E-state index contributed by atoms with van der Waals surface area (Å²) in [6.07, 6.45) is 3.34. The van der Waals surface area contributed by atoms with E-state index in [9.17, 15) is 5.11 Å². The van der Waals surface area contributed by atoms with Gasteiger partial charge in [0, 0.05) is 5.41 Å². The molecule has 1 nitrogen and oxygen atoms in total. The fraction of sp³-hybridized carbons (Fsp3) is 0.333. The molecular formula is C21H24O. The first-order valence-electron chi connectivity index (χ1n) is 8.16. The third-order valence-corrected chi connectivity index (χ3v) is 5.37. The molecule has 0 aromatic heterocycles. The Morgan fingerprint density at radius 2 is 1.36 bits per heavy atom. The molecule has 0 heterocycles. The van der Waals surface area contributed by atoms with Crippen LogP contribution in [0.1, 0.15) is 37.3 Å². The van der Waals surface area contributed by atoms with Crippen molar-refractivity contribution in [1.82, 2.24) is 0 Å². The van der Waals surface area contributed by atoms with Gasteiger partial charge in [0.25, 0.3) is 0 Å². The summed E-state index contributed by atoms with van der Waals surface area (Å²) >= 11 is 0. The maximum Gasteiger partial charge on any atom is 0.0577 e. The number of unbranched alkanes of at least 4 members (excludes halogenated alkanes) is 1. The van der Waals surface area contributed by atoms with Crippen LogP contribution in [0.2, 0.25) is 0 Å². The summed E-state index contributed by atoms with van der Waals surface area (Å²) in [5.74, 6) is 0. The third kappa shape index (κ3) is 1.89. The van der Waals surface area contributed by atoms with E-state index in [0.717, 1.165) is 24.8 Å². The van der Waals surface area contributed by atoms with E-state index in [1.54, 1.807) is 0 Å². The number of benzene rings is 2. The number of hydrogen-bond donors (Lipinski definition) is 1. The second-order valence-corrected chi connectivity index (χ2v) is 6.28. The van der Waals surface area contributed by atoms with Gasteiger partial charge in [-0.1, -0.05) is 92.6 Å². The van der Waals surface area contributed by atoms with E-state index in [2.05, 4.69) is 49.9 Å². The van der Waals surface area contributed by atoms with Crippen molar-refractivity contribution in [1.29, 1.82) is 0 Å². The third-order valence-electron chi connectivity index (χ3n) is 5.37. The van der Waals surface area contributed by atoms with Crippen molar-refractivity contribution in [3.8, 4) is 0 Å². The highest BCUT2D eigenvalue weighted by Gasteiger charge is 2.71. The molecule has 0 saturated heterocycles. The van der Waals surface area contributed by atoms with Crippen LogP contribution in [0.3, 0.4) is 0 Å². The molecule has 1 saturated carbocycles. The average molecular weight is 292 g/mol. The SMILES string of the molecule is C=C1C(CO)(c2ccccc2)C1(CCCC)c1ccccc1. The quantitative estimate of drug-likeness (QED) is 0.771. The fourth-order valence-electron chi connectivity index (χ4n) is 4.15. The maximum absolute atomic E-state index is 10.3. The van der Waals surface area contributed by atoms with Crippen LogP contribution in [0, 0.1) is 0 Å². The smallest absolute Gasteiger partial charge is 0.0577 e. The van der Waals surface area contributed by atoms with E-state index < -0.39 is 0 Å². The van der Waals surface area contributed by atoms with E-state index >= 15 is 0 Å². The van der Waals surface area contributed by atoms with Gasteiger partial charge < -0.3 is 5.11 Å². The predicted octanol–water partition coefficient (Wildman–Crippen LogP) is 4.61. The highest BCUT2D eigenvalue weighted by atomic mass is 16.3. The normalized spacial score (nSPS) is 26.9. The Labute approximate surface area is 133 Å². The van der Waals surface area contributed by atoms with Crippen LogP contribution >= 0.6 is 0 Å². The molecule has 0 amide bonds. The van der Waals surface area contributed by atoms with Crippen LogP contribution in [-0.4, -0.2) is 11.7 Å². The summed E-state index contributed by atoms with van der Waals surface area (Å²) in [6, 6.07) is 20.9. The Kier molecular flexibility index (Phi) is 3.92. The standard InChI is InChI=1S/C21H24O/c1-3-4-15-20(18-11-7-5-8-12-18)17(2)21(20,16-22)19-13-9-6-10-14-19/h5-14,22H,2-4,15-16H2,1H3. The van der Waals surface area contributed by atoms with Crippen molar-refractivity contribution < 1.29 is 5.11 Å². The van der Waals surface area contributed by atoms with Crippen LogP contribution in [0.25, 0.3) is 0 Å². The molecule has 1 fully saturated rings. The summed E-state index contributed by atoms with van der Waals surface area (Å²) in [5.41, 5.74) is 3.17. The Bertz CT molecular complexity index is 646. The van der Waals surface area contributed by atoms with Gasteiger partial charge in [-0.3, -0.25) is 0 Å². The average Bonchev–Trinajstić information content (AvgIpc) is 3.14. The van der Waals surface area contributed by atoms with Gasteiger partial charge in [-0.15, -0.1) is 0 Å². The first-order valence-corrected chi connectivity index (χ1v) is 8.16. The molecule has 3 rings (SSSR count). The summed E-state index contributed by atoms with van der Waals surface area (Å²) in [4.78, 5) is 0. The first-order chi connectivity index (χ1) is 10.7. The molecule has 1 heteroatoms. The minimum atomic E-state index is -0.329. The van der Waals surface area contributed by atoms with Crippen molar-refractivity contribution in [2.75, 3.05) is 6.61 Å². The molecule has 1 N–H and O–H groups in total. The minimum absolute atomic E-state index is 0.119. The maximum atomic E-state index is 10.3. The zero-order valence-electron chi connectivity index (χ0n) is 13.3. The highest BCUT2D eigenvalue weighted by molar-refractivity contribution is 5.67. The number of aliphatic hydroxyl groups excluding tert-OH is 1. The highest BCUT2D eigenvalue weighted by Crippen LogP contribution is 2.71. The van der Waals surface area contributed by atoms with Gasteiger partial charge in [-0.2, -0.15) is 0 Å². The molecule has 0 aliphatic heterocycles. The van der Waals surface area contributed by atoms with Crippen LogP contribution in [0.15, 0.2) is 72.8 Å². The Balaban J connectivity index is 2.13.